The van der Waals surface area contributed by atoms with Crippen LogP contribution in [0.25, 0.3) is 0 Å². The minimum Gasteiger partial charge on any atom is -0.335 e. The molecule has 118 valence electrons. The Morgan fingerprint density at radius 2 is 2.00 bits per heavy atom. The molecule has 3 atom stereocenters. The highest BCUT2D eigenvalue weighted by atomic mass is 35.5. The molecule has 0 radical (unpaired) electrons. The molecule has 1 aliphatic heterocycles. The number of nitrogens with zero attached hydrogens (tertiary/aromatic N) is 2. The minimum absolute atomic E-state index is 0.121. The van der Waals surface area contributed by atoms with Crippen molar-refractivity contribution in [3.05, 3.63) is 64.9 Å². The van der Waals surface area contributed by atoms with E-state index in [2.05, 4.69) is 16.0 Å². The molecule has 2 aliphatic rings. The van der Waals surface area contributed by atoms with Gasteiger partial charge in [-0.25, -0.2) is 0 Å². The quantitative estimate of drug-likeness (QED) is 0.846. The van der Waals surface area contributed by atoms with Gasteiger partial charge in [0.05, 0.1) is 6.04 Å². The van der Waals surface area contributed by atoms with Crippen LogP contribution in [-0.4, -0.2) is 22.3 Å². The number of aromatic nitrogens is 1. The van der Waals surface area contributed by atoms with Gasteiger partial charge in [0.15, 0.2) is 0 Å². The first-order valence-electron chi connectivity index (χ1n) is 8.20. The Morgan fingerprint density at radius 3 is 2.78 bits per heavy atom. The molecule has 2 heterocycles. The number of halogens is 1. The third-order valence-corrected chi connectivity index (χ3v) is 5.25. The second-order valence-corrected chi connectivity index (χ2v) is 6.91. The summed E-state index contributed by atoms with van der Waals surface area (Å²) in [6.45, 7) is 0.866. The van der Waals surface area contributed by atoms with Crippen molar-refractivity contribution >= 4 is 17.5 Å². The van der Waals surface area contributed by atoms with Gasteiger partial charge in [0.25, 0.3) is 0 Å². The van der Waals surface area contributed by atoms with Crippen molar-refractivity contribution < 1.29 is 4.79 Å². The Balaban J connectivity index is 1.49. The zero-order chi connectivity index (χ0) is 15.8. The Hall–Kier alpha value is -1.87. The highest BCUT2D eigenvalue weighted by Gasteiger charge is 2.47. The third-order valence-electron chi connectivity index (χ3n) is 5.01. The normalized spacial score (nSPS) is 26.3. The van der Waals surface area contributed by atoms with Crippen molar-refractivity contribution in [2.75, 3.05) is 6.54 Å². The highest BCUT2D eigenvalue weighted by molar-refractivity contribution is 6.30. The first-order valence-corrected chi connectivity index (χ1v) is 8.57. The van der Waals surface area contributed by atoms with Crippen molar-refractivity contribution in [1.82, 2.24) is 9.88 Å². The summed E-state index contributed by atoms with van der Waals surface area (Å²) in [4.78, 5) is 19.1. The Morgan fingerprint density at radius 1 is 1.17 bits per heavy atom. The van der Waals surface area contributed by atoms with Gasteiger partial charge in [-0.1, -0.05) is 23.7 Å². The first-order chi connectivity index (χ1) is 11.2. The maximum absolute atomic E-state index is 12.9. The summed E-state index contributed by atoms with van der Waals surface area (Å²) in [5.41, 5.74) is 2.39. The molecule has 4 heteroatoms. The van der Waals surface area contributed by atoms with E-state index in [1.807, 2.05) is 42.7 Å². The molecule has 0 spiro atoms. The zero-order valence-electron chi connectivity index (χ0n) is 12.9. The standard InChI is InChI=1S/C19H19ClN2O/c20-15-4-1-3-14(11-15)16-12-17(16)19(23)22-10-2-5-18(22)13-6-8-21-9-7-13/h1,3-4,6-9,11,16-18H,2,5,10,12H2/t16-,17-,18-/m1/s1. The summed E-state index contributed by atoms with van der Waals surface area (Å²) in [5.74, 6) is 0.755. The van der Waals surface area contributed by atoms with Gasteiger partial charge in [0.2, 0.25) is 5.91 Å². The summed E-state index contributed by atoms with van der Waals surface area (Å²) in [6, 6.07) is 12.2. The van der Waals surface area contributed by atoms with Gasteiger partial charge in [0.1, 0.15) is 0 Å². The van der Waals surface area contributed by atoms with Crippen LogP contribution in [0.5, 0.6) is 0 Å². The molecule has 1 amide bonds. The monoisotopic (exact) mass is 326 g/mol. The van der Waals surface area contributed by atoms with Crippen LogP contribution in [0.3, 0.4) is 0 Å². The Bertz CT molecular complexity index is 718. The van der Waals surface area contributed by atoms with E-state index in [9.17, 15) is 4.79 Å². The predicted molar refractivity (Wildman–Crippen MR) is 90.2 cm³/mol. The number of benzene rings is 1. The molecule has 2 aromatic rings. The molecule has 1 saturated carbocycles. The average molecular weight is 327 g/mol. The van der Waals surface area contributed by atoms with E-state index in [1.165, 1.54) is 11.1 Å². The third kappa shape index (κ3) is 2.86. The molecule has 0 N–H and O–H groups in total. The molecular weight excluding hydrogens is 308 g/mol. The van der Waals surface area contributed by atoms with Crippen molar-refractivity contribution in [1.29, 1.82) is 0 Å². The fourth-order valence-corrected chi connectivity index (χ4v) is 3.95. The van der Waals surface area contributed by atoms with Crippen LogP contribution >= 0.6 is 11.6 Å². The van der Waals surface area contributed by atoms with Gasteiger partial charge in [-0.05, 0) is 60.6 Å². The molecule has 4 rings (SSSR count). The van der Waals surface area contributed by atoms with Crippen LogP contribution in [0.2, 0.25) is 5.02 Å². The van der Waals surface area contributed by atoms with Crippen molar-refractivity contribution in [2.24, 2.45) is 5.92 Å². The van der Waals surface area contributed by atoms with E-state index >= 15 is 0 Å². The number of carbonyl (C=O) groups excluding carboxylic acids is 1. The summed E-state index contributed by atoms with van der Waals surface area (Å²) < 4.78 is 0. The van der Waals surface area contributed by atoms with Crippen LogP contribution in [-0.2, 0) is 4.79 Å². The number of carbonyl (C=O) groups is 1. The number of hydrogen-bond donors (Lipinski definition) is 0. The molecular formula is C19H19ClN2O. The lowest BCUT2D eigenvalue weighted by atomic mass is 10.1. The maximum Gasteiger partial charge on any atom is 0.226 e. The summed E-state index contributed by atoms with van der Waals surface area (Å²) in [6.07, 6.45) is 6.68. The molecule has 1 saturated heterocycles. The molecule has 0 bridgehead atoms. The number of hydrogen-bond acceptors (Lipinski definition) is 2. The van der Waals surface area contributed by atoms with Crippen LogP contribution in [0, 0.1) is 5.92 Å². The molecule has 1 aliphatic carbocycles. The van der Waals surface area contributed by atoms with Crippen molar-refractivity contribution in [3.63, 3.8) is 0 Å². The number of rotatable bonds is 3. The van der Waals surface area contributed by atoms with E-state index in [0.29, 0.717) is 11.8 Å². The second kappa shape index (κ2) is 5.97. The zero-order valence-corrected chi connectivity index (χ0v) is 13.6. The fraction of sp³-hybridized carbons (Fsp3) is 0.368. The van der Waals surface area contributed by atoms with Crippen LogP contribution in [0.4, 0.5) is 0 Å². The van der Waals surface area contributed by atoms with E-state index in [1.54, 1.807) is 0 Å². The first kappa shape index (κ1) is 14.7. The average Bonchev–Trinajstić information content (AvgIpc) is 3.23. The van der Waals surface area contributed by atoms with Crippen LogP contribution < -0.4 is 0 Å². The van der Waals surface area contributed by atoms with E-state index in [-0.39, 0.29) is 12.0 Å². The minimum atomic E-state index is 0.121. The van der Waals surface area contributed by atoms with Gasteiger partial charge in [0, 0.05) is 29.9 Å². The van der Waals surface area contributed by atoms with E-state index < -0.39 is 0 Å². The largest absolute Gasteiger partial charge is 0.335 e. The summed E-state index contributed by atoms with van der Waals surface area (Å²) in [5, 5.41) is 0.747. The SMILES string of the molecule is O=C([C@@H]1C[C@@H]1c1cccc(Cl)c1)N1CCC[C@@H]1c1ccncc1. The van der Waals surface area contributed by atoms with Gasteiger partial charge < -0.3 is 4.90 Å². The van der Waals surface area contributed by atoms with Gasteiger partial charge in [-0.15, -0.1) is 0 Å². The van der Waals surface area contributed by atoms with Gasteiger partial charge in [-0.2, -0.15) is 0 Å². The number of pyridine rings is 1. The Labute approximate surface area is 141 Å². The number of amides is 1. The summed E-state index contributed by atoms with van der Waals surface area (Å²) >= 11 is 6.07. The fourth-order valence-electron chi connectivity index (χ4n) is 3.75. The maximum atomic E-state index is 12.9. The number of likely N-dealkylation sites (tertiary alicyclic amines) is 1. The van der Waals surface area contributed by atoms with E-state index in [4.69, 9.17) is 11.6 Å². The van der Waals surface area contributed by atoms with Crippen LogP contribution in [0.15, 0.2) is 48.8 Å². The van der Waals surface area contributed by atoms with Crippen molar-refractivity contribution in [2.45, 2.75) is 31.2 Å². The second-order valence-electron chi connectivity index (χ2n) is 6.47. The van der Waals surface area contributed by atoms with Crippen LogP contribution in [0.1, 0.15) is 42.3 Å². The molecule has 23 heavy (non-hydrogen) atoms. The molecule has 0 unspecified atom stereocenters. The Kier molecular flexibility index (Phi) is 3.82. The lowest BCUT2D eigenvalue weighted by Gasteiger charge is -2.25. The smallest absolute Gasteiger partial charge is 0.226 e. The predicted octanol–water partition coefficient (Wildman–Crippen LogP) is 4.20. The molecule has 3 nitrogen and oxygen atoms in total. The highest BCUT2D eigenvalue weighted by Crippen LogP contribution is 2.50. The lowest BCUT2D eigenvalue weighted by molar-refractivity contribution is -0.133. The molecule has 2 fully saturated rings. The van der Waals surface area contributed by atoms with Gasteiger partial charge >= 0.3 is 0 Å². The molecule has 1 aromatic heterocycles. The van der Waals surface area contributed by atoms with Crippen molar-refractivity contribution in [3.8, 4) is 0 Å². The lowest BCUT2D eigenvalue weighted by Crippen LogP contribution is -2.32. The topological polar surface area (TPSA) is 33.2 Å². The van der Waals surface area contributed by atoms with Gasteiger partial charge in [-0.3, -0.25) is 9.78 Å². The van der Waals surface area contributed by atoms with E-state index in [0.717, 1.165) is 30.8 Å². The summed E-state index contributed by atoms with van der Waals surface area (Å²) in [7, 11) is 0. The molecule has 1 aromatic carbocycles.